The molecule has 2 unspecified atom stereocenters. The van der Waals surface area contributed by atoms with Crippen LogP contribution < -0.4 is 5.32 Å². The third-order valence-electron chi connectivity index (χ3n) is 5.16. The number of guanidine groups is 1. The molecule has 0 amide bonds. The summed E-state index contributed by atoms with van der Waals surface area (Å²) in [5.41, 5.74) is 1.01. The summed E-state index contributed by atoms with van der Waals surface area (Å²) in [4.78, 5) is 7.24. The number of aromatic nitrogens is 1. The largest absolute Gasteiger partial charge is 0.359 e. The smallest absolute Gasteiger partial charge is 0.194 e. The highest BCUT2D eigenvalue weighted by Crippen LogP contribution is 2.36. The maximum Gasteiger partial charge on any atom is 0.194 e. The van der Waals surface area contributed by atoms with Gasteiger partial charge in [-0.05, 0) is 37.5 Å². The number of halogens is 1. The van der Waals surface area contributed by atoms with Crippen LogP contribution in [-0.2, 0) is 6.54 Å². The fourth-order valence-electron chi connectivity index (χ4n) is 3.83. The Balaban J connectivity index is 0.00000208. The average Bonchev–Trinajstić information content (AvgIpc) is 3.17. The molecule has 0 bridgehead atoms. The van der Waals surface area contributed by atoms with E-state index in [1.54, 1.807) is 0 Å². The van der Waals surface area contributed by atoms with E-state index in [4.69, 9.17) is 9.52 Å². The lowest BCUT2D eigenvalue weighted by Crippen LogP contribution is -2.40. The lowest BCUT2D eigenvalue weighted by molar-refractivity contribution is 0.299. The minimum absolute atomic E-state index is 0. The molecular formula is C18H31IN4O. The molecule has 1 N–H and O–H groups in total. The van der Waals surface area contributed by atoms with Gasteiger partial charge in [-0.3, -0.25) is 0 Å². The van der Waals surface area contributed by atoms with Crippen LogP contribution in [0.2, 0.25) is 0 Å². The molecule has 1 aliphatic heterocycles. The molecule has 1 aliphatic carbocycles. The molecule has 2 heterocycles. The van der Waals surface area contributed by atoms with Gasteiger partial charge in [0.2, 0.25) is 0 Å². The molecule has 2 fully saturated rings. The SMILES string of the molecule is CCNC(=NCc1cc(C(C)C)no1)N1CC2CCCCC2C1.I. The van der Waals surface area contributed by atoms with Crippen molar-refractivity contribution in [3.8, 4) is 0 Å². The van der Waals surface area contributed by atoms with Crippen LogP contribution in [0.4, 0.5) is 0 Å². The lowest BCUT2D eigenvalue weighted by Gasteiger charge is -2.22. The number of likely N-dealkylation sites (tertiary alicyclic amines) is 1. The molecule has 0 spiro atoms. The highest BCUT2D eigenvalue weighted by Gasteiger charge is 2.35. The summed E-state index contributed by atoms with van der Waals surface area (Å²) in [5, 5.41) is 7.57. The van der Waals surface area contributed by atoms with Crippen molar-refractivity contribution >= 4 is 29.9 Å². The van der Waals surface area contributed by atoms with E-state index in [0.717, 1.165) is 48.9 Å². The fraction of sp³-hybridized carbons (Fsp3) is 0.778. The standard InChI is InChI=1S/C18H30N4O.HI/c1-4-19-18(20-10-16-9-17(13(2)3)21-23-16)22-11-14-7-5-6-8-15(14)12-22;/h9,13-15H,4-8,10-12H2,1-3H3,(H,19,20);1H. The molecule has 6 heteroatoms. The molecule has 0 aromatic carbocycles. The van der Waals surface area contributed by atoms with Crippen molar-refractivity contribution in [2.75, 3.05) is 19.6 Å². The molecule has 3 rings (SSSR count). The number of hydrogen-bond donors (Lipinski definition) is 1. The van der Waals surface area contributed by atoms with Gasteiger partial charge in [0.25, 0.3) is 0 Å². The second-order valence-electron chi connectivity index (χ2n) is 7.25. The van der Waals surface area contributed by atoms with Crippen molar-refractivity contribution in [2.24, 2.45) is 16.8 Å². The summed E-state index contributed by atoms with van der Waals surface area (Å²) in [7, 11) is 0. The van der Waals surface area contributed by atoms with Crippen LogP contribution in [0.3, 0.4) is 0 Å². The van der Waals surface area contributed by atoms with Gasteiger partial charge in [0, 0.05) is 25.7 Å². The van der Waals surface area contributed by atoms with E-state index < -0.39 is 0 Å². The lowest BCUT2D eigenvalue weighted by atomic mass is 9.82. The second kappa shape index (κ2) is 9.06. The summed E-state index contributed by atoms with van der Waals surface area (Å²) < 4.78 is 5.41. The van der Waals surface area contributed by atoms with Gasteiger partial charge in [-0.2, -0.15) is 0 Å². The van der Waals surface area contributed by atoms with Crippen LogP contribution in [0.25, 0.3) is 0 Å². The van der Waals surface area contributed by atoms with Gasteiger partial charge in [0.15, 0.2) is 11.7 Å². The maximum atomic E-state index is 5.41. The predicted octanol–water partition coefficient (Wildman–Crippen LogP) is 4.00. The molecule has 1 aromatic heterocycles. The van der Waals surface area contributed by atoms with Crippen LogP contribution >= 0.6 is 24.0 Å². The first-order valence-electron chi connectivity index (χ1n) is 9.16. The molecular weight excluding hydrogens is 415 g/mol. The van der Waals surface area contributed by atoms with Gasteiger partial charge in [0.1, 0.15) is 6.54 Å². The van der Waals surface area contributed by atoms with E-state index in [0.29, 0.717) is 12.5 Å². The molecule has 1 saturated carbocycles. The minimum atomic E-state index is 0. The monoisotopic (exact) mass is 446 g/mol. The molecule has 2 aliphatic rings. The summed E-state index contributed by atoms with van der Waals surface area (Å²) in [6.07, 6.45) is 5.58. The summed E-state index contributed by atoms with van der Waals surface area (Å²) in [5.74, 6) is 4.01. The van der Waals surface area contributed by atoms with Gasteiger partial charge < -0.3 is 14.7 Å². The van der Waals surface area contributed by atoms with Crippen molar-refractivity contribution in [3.63, 3.8) is 0 Å². The number of rotatable bonds is 4. The summed E-state index contributed by atoms with van der Waals surface area (Å²) in [6.45, 7) is 10.2. The van der Waals surface area contributed by atoms with Crippen LogP contribution in [-0.4, -0.2) is 35.7 Å². The van der Waals surface area contributed by atoms with E-state index >= 15 is 0 Å². The Hall–Kier alpha value is -0.790. The van der Waals surface area contributed by atoms with Crippen molar-refractivity contribution in [1.82, 2.24) is 15.4 Å². The third-order valence-corrected chi connectivity index (χ3v) is 5.16. The predicted molar refractivity (Wildman–Crippen MR) is 108 cm³/mol. The van der Waals surface area contributed by atoms with Crippen LogP contribution in [0.15, 0.2) is 15.6 Å². The van der Waals surface area contributed by atoms with E-state index in [2.05, 4.69) is 36.1 Å². The van der Waals surface area contributed by atoms with E-state index in [1.165, 1.54) is 25.7 Å². The Kier molecular flexibility index (Phi) is 7.37. The number of aliphatic imine (C=N–C) groups is 1. The second-order valence-corrected chi connectivity index (χ2v) is 7.25. The normalized spacial score (nSPS) is 24.0. The Morgan fingerprint density at radius 2 is 2.00 bits per heavy atom. The average molecular weight is 446 g/mol. The quantitative estimate of drug-likeness (QED) is 0.432. The van der Waals surface area contributed by atoms with Crippen molar-refractivity contribution < 1.29 is 4.52 Å². The van der Waals surface area contributed by atoms with Gasteiger partial charge in [-0.15, -0.1) is 24.0 Å². The molecule has 136 valence electrons. The Morgan fingerprint density at radius 3 is 2.54 bits per heavy atom. The van der Waals surface area contributed by atoms with E-state index in [-0.39, 0.29) is 24.0 Å². The highest BCUT2D eigenvalue weighted by atomic mass is 127. The summed E-state index contributed by atoms with van der Waals surface area (Å²) >= 11 is 0. The van der Waals surface area contributed by atoms with Gasteiger partial charge in [0.05, 0.1) is 5.69 Å². The van der Waals surface area contributed by atoms with Crippen molar-refractivity contribution in [3.05, 3.63) is 17.5 Å². The number of nitrogens with zero attached hydrogens (tertiary/aromatic N) is 3. The summed E-state index contributed by atoms with van der Waals surface area (Å²) in [6, 6.07) is 2.03. The first-order chi connectivity index (χ1) is 11.2. The van der Waals surface area contributed by atoms with Gasteiger partial charge in [-0.25, -0.2) is 4.99 Å². The van der Waals surface area contributed by atoms with Crippen molar-refractivity contribution in [2.45, 2.75) is 58.9 Å². The Morgan fingerprint density at radius 1 is 1.33 bits per heavy atom. The van der Waals surface area contributed by atoms with Gasteiger partial charge >= 0.3 is 0 Å². The minimum Gasteiger partial charge on any atom is -0.359 e. The maximum absolute atomic E-state index is 5.41. The van der Waals surface area contributed by atoms with E-state index in [1.807, 2.05) is 6.07 Å². The molecule has 5 nitrogen and oxygen atoms in total. The first-order valence-corrected chi connectivity index (χ1v) is 9.16. The van der Waals surface area contributed by atoms with Crippen LogP contribution in [0.5, 0.6) is 0 Å². The zero-order chi connectivity index (χ0) is 16.2. The Bertz CT molecular complexity index is 529. The van der Waals surface area contributed by atoms with Crippen molar-refractivity contribution in [1.29, 1.82) is 0 Å². The zero-order valence-electron chi connectivity index (χ0n) is 15.1. The molecule has 1 saturated heterocycles. The molecule has 24 heavy (non-hydrogen) atoms. The van der Waals surface area contributed by atoms with E-state index in [9.17, 15) is 0 Å². The van der Waals surface area contributed by atoms with Crippen LogP contribution in [0, 0.1) is 11.8 Å². The first kappa shape index (κ1) is 19.5. The number of fused-ring (bicyclic) bond motifs is 1. The number of nitrogens with one attached hydrogen (secondary N) is 1. The molecule has 1 aromatic rings. The number of hydrogen-bond acceptors (Lipinski definition) is 3. The molecule has 2 atom stereocenters. The fourth-order valence-corrected chi connectivity index (χ4v) is 3.83. The molecule has 0 radical (unpaired) electrons. The topological polar surface area (TPSA) is 53.7 Å². The highest BCUT2D eigenvalue weighted by molar-refractivity contribution is 14.0. The Labute approximate surface area is 162 Å². The van der Waals surface area contributed by atoms with Crippen LogP contribution in [0.1, 0.15) is 63.8 Å². The van der Waals surface area contributed by atoms with Gasteiger partial charge in [-0.1, -0.05) is 31.8 Å². The zero-order valence-corrected chi connectivity index (χ0v) is 17.5. The third kappa shape index (κ3) is 4.64.